The van der Waals surface area contributed by atoms with Gasteiger partial charge in [0.05, 0.1) is 0 Å². The molecule has 1 saturated carbocycles. The highest BCUT2D eigenvalue weighted by Crippen LogP contribution is 2.21. The number of hydrogen-bond acceptors (Lipinski definition) is 3. The monoisotopic (exact) mass is 566 g/mol. The summed E-state index contributed by atoms with van der Waals surface area (Å²) in [6.07, 6.45) is 5.50. The highest BCUT2D eigenvalue weighted by Gasteiger charge is 2.32. The summed E-state index contributed by atoms with van der Waals surface area (Å²) < 4.78 is 21.4. The standard InChI is InChI=1S/C30H32BrFN2O3/c31-24-15-17-26(18-16-24)37-21-29(35)34(20-23-11-7-8-14-27(23)32)28(19-22-9-3-1-4-10-22)30(36)33-25-12-5-2-6-13-25/h1,3-4,7-11,14-18,25,28H,2,5-6,12-13,19-21H2,(H,33,36)/t28-/m0/s1. The van der Waals surface area contributed by atoms with Gasteiger partial charge in [-0.1, -0.05) is 83.7 Å². The SMILES string of the molecule is O=C(NC1CCCCC1)[C@H](Cc1ccccc1)N(Cc1ccccc1F)C(=O)COc1ccc(Br)cc1. The highest BCUT2D eigenvalue weighted by atomic mass is 79.9. The minimum Gasteiger partial charge on any atom is -0.484 e. The topological polar surface area (TPSA) is 58.6 Å². The molecule has 1 aliphatic rings. The molecule has 0 bridgehead atoms. The highest BCUT2D eigenvalue weighted by molar-refractivity contribution is 9.10. The second kappa shape index (κ2) is 13.4. The van der Waals surface area contributed by atoms with Gasteiger partial charge in [-0.15, -0.1) is 0 Å². The summed E-state index contributed by atoms with van der Waals surface area (Å²) in [5.74, 6) is -0.482. The Balaban J connectivity index is 1.61. The molecule has 0 saturated heterocycles. The predicted molar refractivity (Wildman–Crippen MR) is 146 cm³/mol. The quantitative estimate of drug-likeness (QED) is 0.324. The van der Waals surface area contributed by atoms with Crippen LogP contribution < -0.4 is 10.1 Å². The molecule has 3 aromatic carbocycles. The van der Waals surface area contributed by atoms with Crippen molar-refractivity contribution >= 4 is 27.7 Å². The lowest BCUT2D eigenvalue weighted by Crippen LogP contribution is -2.53. The van der Waals surface area contributed by atoms with Crippen LogP contribution in [0.3, 0.4) is 0 Å². The van der Waals surface area contributed by atoms with Crippen molar-refractivity contribution in [2.24, 2.45) is 0 Å². The lowest BCUT2D eigenvalue weighted by atomic mass is 9.94. The van der Waals surface area contributed by atoms with Crippen LogP contribution in [-0.4, -0.2) is 35.4 Å². The Morgan fingerprint density at radius 3 is 2.32 bits per heavy atom. The molecule has 37 heavy (non-hydrogen) atoms. The molecule has 0 aliphatic heterocycles. The zero-order valence-electron chi connectivity index (χ0n) is 20.7. The molecule has 0 spiro atoms. The van der Waals surface area contributed by atoms with Gasteiger partial charge in [0.1, 0.15) is 17.6 Å². The molecular formula is C30H32BrFN2O3. The minimum absolute atomic E-state index is 0.0369. The molecule has 3 aromatic rings. The Kier molecular flexibility index (Phi) is 9.71. The number of ether oxygens (including phenoxy) is 1. The number of benzene rings is 3. The van der Waals surface area contributed by atoms with Gasteiger partial charge in [0.2, 0.25) is 5.91 Å². The van der Waals surface area contributed by atoms with E-state index in [9.17, 15) is 14.0 Å². The van der Waals surface area contributed by atoms with Crippen molar-refractivity contribution in [3.05, 3.63) is 100 Å². The van der Waals surface area contributed by atoms with E-state index in [0.29, 0.717) is 17.7 Å². The summed E-state index contributed by atoms with van der Waals surface area (Å²) in [6, 6.07) is 22.4. The van der Waals surface area contributed by atoms with E-state index in [2.05, 4.69) is 21.2 Å². The molecule has 0 unspecified atom stereocenters. The molecule has 1 atom stereocenters. The normalized spacial score (nSPS) is 14.5. The number of carbonyl (C=O) groups excluding carboxylic acids is 2. The lowest BCUT2D eigenvalue weighted by Gasteiger charge is -2.33. The number of amides is 2. The van der Waals surface area contributed by atoms with E-state index in [1.165, 1.54) is 17.4 Å². The van der Waals surface area contributed by atoms with Crippen LogP contribution in [-0.2, 0) is 22.6 Å². The van der Waals surface area contributed by atoms with Gasteiger partial charge in [-0.25, -0.2) is 4.39 Å². The zero-order chi connectivity index (χ0) is 26.0. The summed E-state index contributed by atoms with van der Waals surface area (Å²) in [4.78, 5) is 28.8. The van der Waals surface area contributed by atoms with E-state index in [0.717, 1.165) is 35.7 Å². The van der Waals surface area contributed by atoms with Crippen LogP contribution in [0.2, 0.25) is 0 Å². The van der Waals surface area contributed by atoms with Gasteiger partial charge in [0.25, 0.3) is 5.91 Å². The molecule has 0 aromatic heterocycles. The third-order valence-electron chi connectivity index (χ3n) is 6.70. The molecule has 0 heterocycles. The number of nitrogens with zero attached hydrogens (tertiary/aromatic N) is 1. The Morgan fingerprint density at radius 2 is 1.62 bits per heavy atom. The fourth-order valence-electron chi connectivity index (χ4n) is 4.67. The Labute approximate surface area is 226 Å². The van der Waals surface area contributed by atoms with E-state index >= 15 is 0 Å². The van der Waals surface area contributed by atoms with E-state index in [1.54, 1.807) is 30.3 Å². The van der Waals surface area contributed by atoms with Crippen molar-refractivity contribution in [2.75, 3.05) is 6.61 Å². The maximum absolute atomic E-state index is 14.7. The van der Waals surface area contributed by atoms with Crippen molar-refractivity contribution in [3.63, 3.8) is 0 Å². The second-order valence-electron chi connectivity index (χ2n) is 9.40. The third kappa shape index (κ3) is 7.89. The lowest BCUT2D eigenvalue weighted by molar-refractivity contribution is -0.143. The van der Waals surface area contributed by atoms with Crippen LogP contribution in [0.15, 0.2) is 83.3 Å². The summed E-state index contributed by atoms with van der Waals surface area (Å²) >= 11 is 3.39. The first-order valence-electron chi connectivity index (χ1n) is 12.7. The number of carbonyl (C=O) groups is 2. The van der Waals surface area contributed by atoms with Crippen LogP contribution in [0.1, 0.15) is 43.2 Å². The molecule has 1 N–H and O–H groups in total. The molecule has 1 aliphatic carbocycles. The summed E-state index contributed by atoms with van der Waals surface area (Å²) in [5, 5.41) is 3.18. The van der Waals surface area contributed by atoms with Gasteiger partial charge >= 0.3 is 0 Å². The van der Waals surface area contributed by atoms with Gasteiger partial charge in [0, 0.05) is 29.0 Å². The number of hydrogen-bond donors (Lipinski definition) is 1. The number of halogens is 2. The fourth-order valence-corrected chi connectivity index (χ4v) is 4.93. The first-order valence-corrected chi connectivity index (χ1v) is 13.5. The summed E-state index contributed by atoms with van der Waals surface area (Å²) in [5.41, 5.74) is 1.27. The van der Waals surface area contributed by atoms with E-state index < -0.39 is 11.9 Å². The predicted octanol–water partition coefficient (Wildman–Crippen LogP) is 6.06. The van der Waals surface area contributed by atoms with E-state index in [1.807, 2.05) is 42.5 Å². The molecule has 194 valence electrons. The van der Waals surface area contributed by atoms with Gasteiger partial charge < -0.3 is 15.0 Å². The molecular weight excluding hydrogens is 535 g/mol. The number of rotatable bonds is 10. The average Bonchev–Trinajstić information content (AvgIpc) is 2.92. The van der Waals surface area contributed by atoms with Crippen LogP contribution >= 0.6 is 15.9 Å². The third-order valence-corrected chi connectivity index (χ3v) is 7.23. The van der Waals surface area contributed by atoms with Gasteiger partial charge in [-0.2, -0.15) is 0 Å². The van der Waals surface area contributed by atoms with Crippen LogP contribution in [0.5, 0.6) is 5.75 Å². The summed E-state index contributed by atoms with van der Waals surface area (Å²) in [6.45, 7) is -0.303. The molecule has 5 nitrogen and oxygen atoms in total. The zero-order valence-corrected chi connectivity index (χ0v) is 22.3. The van der Waals surface area contributed by atoms with E-state index in [-0.39, 0.29) is 31.0 Å². The largest absolute Gasteiger partial charge is 0.484 e. The van der Waals surface area contributed by atoms with Crippen molar-refractivity contribution in [2.45, 2.75) is 57.2 Å². The first-order chi connectivity index (χ1) is 18.0. The first kappa shape index (κ1) is 26.9. The van der Waals surface area contributed by atoms with Gasteiger partial charge in [-0.3, -0.25) is 9.59 Å². The van der Waals surface area contributed by atoms with Crippen molar-refractivity contribution in [3.8, 4) is 5.75 Å². The van der Waals surface area contributed by atoms with Crippen LogP contribution in [0.25, 0.3) is 0 Å². The second-order valence-corrected chi connectivity index (χ2v) is 10.3. The molecule has 2 amide bonds. The number of nitrogens with one attached hydrogen (secondary N) is 1. The molecule has 0 radical (unpaired) electrons. The Bertz CT molecular complexity index is 1170. The van der Waals surface area contributed by atoms with Crippen LogP contribution in [0, 0.1) is 5.82 Å². The van der Waals surface area contributed by atoms with Crippen LogP contribution in [0.4, 0.5) is 4.39 Å². The van der Waals surface area contributed by atoms with Crippen molar-refractivity contribution in [1.29, 1.82) is 0 Å². The van der Waals surface area contributed by atoms with Crippen molar-refractivity contribution < 1.29 is 18.7 Å². The smallest absolute Gasteiger partial charge is 0.261 e. The maximum Gasteiger partial charge on any atom is 0.261 e. The Hall–Kier alpha value is -3.19. The molecule has 1 fully saturated rings. The minimum atomic E-state index is -0.815. The molecule has 4 rings (SSSR count). The Morgan fingerprint density at radius 1 is 0.946 bits per heavy atom. The summed E-state index contributed by atoms with van der Waals surface area (Å²) in [7, 11) is 0. The van der Waals surface area contributed by atoms with Gasteiger partial charge in [-0.05, 0) is 48.7 Å². The molecule has 7 heteroatoms. The van der Waals surface area contributed by atoms with Crippen molar-refractivity contribution in [1.82, 2.24) is 10.2 Å². The average molecular weight is 567 g/mol. The van der Waals surface area contributed by atoms with E-state index in [4.69, 9.17) is 4.74 Å². The van der Waals surface area contributed by atoms with Gasteiger partial charge in [0.15, 0.2) is 6.61 Å². The maximum atomic E-state index is 14.7. The fraction of sp³-hybridized carbons (Fsp3) is 0.333.